The van der Waals surface area contributed by atoms with Gasteiger partial charge in [-0.2, -0.15) is 0 Å². The zero-order valence-corrected chi connectivity index (χ0v) is 28.2. The molecule has 2 amide bonds. The SMILES string of the molecule is C.C.C.CCOC(=O)N[C@@H]1CC[C@@H]2[C@@H](C1)C[C@H]1C(=O)O[C@H](C)[C@H]1[C@H]2C(=O)O.CCOC(=O)N[C@@H]1CC[C@@H]2[C@@H](C1)C[C@H]1C(=O)O[C@H](C)[C@H]1[C@H]2OC. The minimum atomic E-state index is -0.832. The van der Waals surface area contributed by atoms with Crippen molar-refractivity contribution in [2.75, 3.05) is 20.3 Å². The second kappa shape index (κ2) is 18.4. The first kappa shape index (κ1) is 43.1. The fourth-order valence-electron chi connectivity index (χ4n) is 10.1. The van der Waals surface area contributed by atoms with Crippen LogP contribution in [0.25, 0.3) is 0 Å². The molecule has 0 radical (unpaired) electrons. The number of aliphatic carboxylic acids is 1. The average molecular weight is 713 g/mol. The number of ether oxygens (including phenoxy) is 5. The first-order chi connectivity index (χ1) is 22.5. The summed E-state index contributed by atoms with van der Waals surface area (Å²) in [4.78, 5) is 59.4. The van der Waals surface area contributed by atoms with Gasteiger partial charge in [0, 0.05) is 31.0 Å². The highest BCUT2D eigenvalue weighted by atomic mass is 16.6. The van der Waals surface area contributed by atoms with Crippen molar-refractivity contribution < 1.29 is 52.8 Å². The molecular weight excluding hydrogens is 648 g/mol. The Labute approximate surface area is 298 Å². The second-order valence-corrected chi connectivity index (χ2v) is 14.3. The lowest BCUT2D eigenvalue weighted by Crippen LogP contribution is -2.51. The van der Waals surface area contributed by atoms with Crippen molar-refractivity contribution in [3.8, 4) is 0 Å². The van der Waals surface area contributed by atoms with Crippen molar-refractivity contribution >= 4 is 30.1 Å². The highest BCUT2D eigenvalue weighted by molar-refractivity contribution is 5.79. The predicted octanol–water partition coefficient (Wildman–Crippen LogP) is 5.82. The Morgan fingerprint density at radius 1 is 0.720 bits per heavy atom. The largest absolute Gasteiger partial charge is 0.481 e. The van der Waals surface area contributed by atoms with Crippen LogP contribution in [-0.2, 0) is 38.1 Å². The Morgan fingerprint density at radius 2 is 1.16 bits per heavy atom. The van der Waals surface area contributed by atoms with E-state index in [4.69, 9.17) is 23.7 Å². The molecular formula is C37H64N2O11. The topological polar surface area (TPSA) is 176 Å². The summed E-state index contributed by atoms with van der Waals surface area (Å²) in [6.07, 6.45) is 5.39. The predicted molar refractivity (Wildman–Crippen MR) is 186 cm³/mol. The molecule has 0 bridgehead atoms. The fraction of sp³-hybridized carbons (Fsp3) is 0.865. The summed E-state index contributed by atoms with van der Waals surface area (Å²) in [5.41, 5.74) is 0. The Morgan fingerprint density at radius 3 is 1.62 bits per heavy atom. The fourth-order valence-corrected chi connectivity index (χ4v) is 10.1. The molecule has 4 aliphatic carbocycles. The number of carboxylic acid groups (broad SMARTS) is 1. The lowest BCUT2D eigenvalue weighted by Gasteiger charge is -2.47. The third-order valence-electron chi connectivity index (χ3n) is 11.8. The molecule has 2 aliphatic heterocycles. The molecule has 4 saturated carbocycles. The quantitative estimate of drug-likeness (QED) is 0.223. The maximum Gasteiger partial charge on any atom is 0.407 e. The van der Waals surface area contributed by atoms with E-state index in [0.717, 1.165) is 38.5 Å². The number of nitrogens with one attached hydrogen (secondary N) is 2. The zero-order chi connectivity index (χ0) is 34.0. The van der Waals surface area contributed by atoms with Gasteiger partial charge >= 0.3 is 30.1 Å². The number of cyclic esters (lactones) is 2. The highest BCUT2D eigenvalue weighted by Gasteiger charge is 2.58. The van der Waals surface area contributed by atoms with Crippen LogP contribution in [0.5, 0.6) is 0 Å². The molecule has 3 N–H and O–H groups in total. The Hall–Kier alpha value is -3.09. The van der Waals surface area contributed by atoms with Crippen molar-refractivity contribution in [2.24, 2.45) is 53.3 Å². The van der Waals surface area contributed by atoms with Crippen LogP contribution in [0.3, 0.4) is 0 Å². The van der Waals surface area contributed by atoms with Crippen LogP contribution < -0.4 is 10.6 Å². The molecule has 0 unspecified atom stereocenters. The van der Waals surface area contributed by atoms with E-state index in [1.54, 1.807) is 27.9 Å². The smallest absolute Gasteiger partial charge is 0.407 e. The van der Waals surface area contributed by atoms with Crippen molar-refractivity contribution in [3.63, 3.8) is 0 Å². The molecule has 2 heterocycles. The summed E-state index contributed by atoms with van der Waals surface area (Å²) in [5.74, 6) is -1.18. The van der Waals surface area contributed by atoms with Crippen LogP contribution in [0.4, 0.5) is 9.59 Å². The number of hydrogen-bond acceptors (Lipinski definition) is 10. The minimum Gasteiger partial charge on any atom is -0.481 e. The van der Waals surface area contributed by atoms with Gasteiger partial charge in [0.15, 0.2) is 0 Å². The van der Waals surface area contributed by atoms with Crippen LogP contribution >= 0.6 is 0 Å². The van der Waals surface area contributed by atoms with Gasteiger partial charge in [0.25, 0.3) is 0 Å². The van der Waals surface area contributed by atoms with Crippen LogP contribution in [0, 0.1) is 53.3 Å². The zero-order valence-electron chi connectivity index (χ0n) is 28.2. The van der Waals surface area contributed by atoms with Crippen molar-refractivity contribution in [3.05, 3.63) is 0 Å². The second-order valence-electron chi connectivity index (χ2n) is 14.3. The van der Waals surface area contributed by atoms with E-state index in [2.05, 4.69) is 10.6 Å². The number of amides is 2. The van der Waals surface area contributed by atoms with Crippen LogP contribution in [-0.4, -0.2) is 85.9 Å². The van der Waals surface area contributed by atoms with Gasteiger partial charge in [0.05, 0.1) is 37.1 Å². The maximum atomic E-state index is 12.1. The number of rotatable bonds is 6. The van der Waals surface area contributed by atoms with E-state index in [0.29, 0.717) is 37.9 Å². The molecule has 0 aromatic carbocycles. The highest BCUT2D eigenvalue weighted by Crippen LogP contribution is 2.53. The molecule has 50 heavy (non-hydrogen) atoms. The summed E-state index contributed by atoms with van der Waals surface area (Å²) in [7, 11) is 1.74. The monoisotopic (exact) mass is 712 g/mol. The van der Waals surface area contributed by atoms with Gasteiger partial charge in [0.1, 0.15) is 12.2 Å². The number of carbonyl (C=O) groups excluding carboxylic acids is 4. The normalized spacial score (nSPS) is 39.1. The third kappa shape index (κ3) is 8.85. The first-order valence-electron chi connectivity index (χ1n) is 17.5. The van der Waals surface area contributed by atoms with Gasteiger partial charge in [-0.15, -0.1) is 0 Å². The van der Waals surface area contributed by atoms with E-state index >= 15 is 0 Å². The number of esters is 2. The van der Waals surface area contributed by atoms with E-state index in [1.165, 1.54) is 0 Å². The molecule has 0 spiro atoms. The molecule has 6 fully saturated rings. The standard InChI is InChI=1S/C17H25NO6.C17H27NO5.3CH4/c1-3-23-17(22)18-10-4-5-11-9(6-10)7-12-13(14(11)15(19)20)8(2)24-16(12)21;1-4-22-17(20)18-11-5-6-12-10(7-11)8-13-14(15(12)21-3)9(2)23-16(13)19;;;/h8-14H,3-7H2,1-2H3,(H,18,22)(H,19,20);9-15H,4-8H2,1-3H3,(H,18,20);3*1H4/t8-,9+,10-,11-,12-,13-,14+;9-,10+,11-,12-,13-,14-,15+;;;/m11.../s1. The van der Waals surface area contributed by atoms with Gasteiger partial charge in [-0.05, 0) is 103 Å². The van der Waals surface area contributed by atoms with Crippen molar-refractivity contribution in [2.45, 2.75) is 132 Å². The summed E-state index contributed by atoms with van der Waals surface area (Å²) in [6.45, 7) is 8.02. The van der Waals surface area contributed by atoms with Crippen LogP contribution in [0.15, 0.2) is 0 Å². The molecule has 0 aromatic rings. The number of carbonyl (C=O) groups is 5. The summed E-state index contributed by atoms with van der Waals surface area (Å²) in [5, 5.41) is 15.6. The summed E-state index contributed by atoms with van der Waals surface area (Å²) < 4.78 is 26.5. The maximum absolute atomic E-state index is 12.1. The van der Waals surface area contributed by atoms with Gasteiger partial charge in [-0.3, -0.25) is 14.4 Å². The molecule has 0 aromatic heterocycles. The van der Waals surface area contributed by atoms with E-state index in [1.807, 2.05) is 6.92 Å². The van der Waals surface area contributed by atoms with E-state index < -0.39 is 18.0 Å². The average Bonchev–Trinajstić information content (AvgIpc) is 3.47. The number of methoxy groups -OCH3 is 1. The summed E-state index contributed by atoms with van der Waals surface area (Å²) in [6, 6.07) is 0.102. The Kier molecular flexibility index (Phi) is 15.9. The lowest BCUT2D eigenvalue weighted by atomic mass is 9.57. The van der Waals surface area contributed by atoms with Gasteiger partial charge in [0.2, 0.25) is 0 Å². The minimum absolute atomic E-state index is 0. The van der Waals surface area contributed by atoms with Gasteiger partial charge < -0.3 is 39.4 Å². The molecule has 13 nitrogen and oxygen atoms in total. The number of carboxylic acids is 1. The van der Waals surface area contributed by atoms with E-state index in [-0.39, 0.29) is 106 Å². The number of hydrogen-bond donors (Lipinski definition) is 3. The number of alkyl carbamates (subject to hydrolysis) is 2. The third-order valence-corrected chi connectivity index (χ3v) is 11.8. The Bertz CT molecular complexity index is 1180. The number of fused-ring (bicyclic) bond motifs is 4. The van der Waals surface area contributed by atoms with Gasteiger partial charge in [-0.25, -0.2) is 9.59 Å². The summed E-state index contributed by atoms with van der Waals surface area (Å²) >= 11 is 0. The van der Waals surface area contributed by atoms with Gasteiger partial charge in [-0.1, -0.05) is 22.3 Å². The first-order valence-corrected chi connectivity index (χ1v) is 17.5. The Balaban J connectivity index is 0.000000327. The van der Waals surface area contributed by atoms with Crippen molar-refractivity contribution in [1.82, 2.24) is 10.6 Å². The van der Waals surface area contributed by atoms with Crippen molar-refractivity contribution in [1.29, 1.82) is 0 Å². The molecule has 14 atom stereocenters. The van der Waals surface area contributed by atoms with Crippen LogP contribution in [0.2, 0.25) is 0 Å². The van der Waals surface area contributed by atoms with E-state index in [9.17, 15) is 29.1 Å². The molecule has 288 valence electrons. The molecule has 13 heteroatoms. The van der Waals surface area contributed by atoms with Crippen LogP contribution in [0.1, 0.15) is 101 Å². The molecule has 6 rings (SSSR count). The lowest BCUT2D eigenvalue weighted by molar-refractivity contribution is -0.153. The molecule has 2 saturated heterocycles. The molecule has 6 aliphatic rings.